The lowest BCUT2D eigenvalue weighted by molar-refractivity contribution is -0.124. The van der Waals surface area contributed by atoms with Crippen LogP contribution in [0.2, 0.25) is 5.02 Å². The first kappa shape index (κ1) is 20.3. The molecule has 0 aromatic heterocycles. The summed E-state index contributed by atoms with van der Waals surface area (Å²) in [5, 5.41) is 0.616. The second-order valence-corrected chi connectivity index (χ2v) is 8.67. The minimum absolute atomic E-state index is 0.0616. The second-order valence-electron chi connectivity index (χ2n) is 7.32. The van der Waals surface area contributed by atoms with Gasteiger partial charge in [0.1, 0.15) is 5.78 Å². The lowest BCUT2D eigenvalue weighted by Gasteiger charge is -2.28. The smallest absolute Gasteiger partial charge is 0.163 e. The summed E-state index contributed by atoms with van der Waals surface area (Å²) in [4.78, 5) is 25.9. The molecule has 0 saturated heterocycles. The van der Waals surface area contributed by atoms with Crippen LogP contribution in [0, 0.1) is 5.92 Å². The van der Waals surface area contributed by atoms with Crippen LogP contribution in [0.1, 0.15) is 66.8 Å². The van der Waals surface area contributed by atoms with Gasteiger partial charge in [-0.25, -0.2) is 0 Å². The van der Waals surface area contributed by atoms with Crippen molar-refractivity contribution in [3.63, 3.8) is 0 Å². The standard InChI is InChI=1S/C23H24BrClO2/c24-18-7-5-6-17(14-18)21(20-8-3-1-2-4-9-22(20)26)15-23(27)16-10-12-19(25)13-11-16/h5-7,10-14,20-21H,1-4,8-9,15H2/t20-,21-/m1/s1. The summed E-state index contributed by atoms with van der Waals surface area (Å²) in [5.74, 6) is 0.196. The highest BCUT2D eigenvalue weighted by molar-refractivity contribution is 9.10. The van der Waals surface area contributed by atoms with Crippen molar-refractivity contribution in [1.29, 1.82) is 0 Å². The van der Waals surface area contributed by atoms with Gasteiger partial charge in [0.05, 0.1) is 0 Å². The van der Waals surface area contributed by atoms with Crippen molar-refractivity contribution in [2.75, 3.05) is 0 Å². The summed E-state index contributed by atoms with van der Waals surface area (Å²) in [6.45, 7) is 0. The summed E-state index contributed by atoms with van der Waals surface area (Å²) in [6, 6.07) is 15.1. The van der Waals surface area contributed by atoms with Gasteiger partial charge in [0, 0.05) is 39.7 Å². The molecule has 4 heteroatoms. The van der Waals surface area contributed by atoms with Crippen LogP contribution >= 0.6 is 27.5 Å². The van der Waals surface area contributed by atoms with E-state index >= 15 is 0 Å². The van der Waals surface area contributed by atoms with Crippen LogP contribution in [0.15, 0.2) is 53.0 Å². The van der Waals surface area contributed by atoms with Crippen molar-refractivity contribution in [2.45, 2.75) is 50.9 Å². The summed E-state index contributed by atoms with van der Waals surface area (Å²) in [5.41, 5.74) is 1.71. The number of rotatable bonds is 5. The van der Waals surface area contributed by atoms with E-state index in [0.717, 1.165) is 35.7 Å². The molecule has 0 radical (unpaired) electrons. The van der Waals surface area contributed by atoms with Gasteiger partial charge >= 0.3 is 0 Å². The molecule has 1 aliphatic rings. The minimum Gasteiger partial charge on any atom is -0.299 e. The zero-order chi connectivity index (χ0) is 19.2. The van der Waals surface area contributed by atoms with Gasteiger partial charge in [0.2, 0.25) is 0 Å². The van der Waals surface area contributed by atoms with E-state index in [0.29, 0.717) is 29.2 Å². The Hall–Kier alpha value is -1.45. The lowest BCUT2D eigenvalue weighted by Crippen LogP contribution is -2.26. The fourth-order valence-electron chi connectivity index (χ4n) is 3.97. The van der Waals surface area contributed by atoms with Crippen molar-refractivity contribution < 1.29 is 9.59 Å². The average Bonchev–Trinajstić information content (AvgIpc) is 2.64. The maximum Gasteiger partial charge on any atom is 0.163 e. The topological polar surface area (TPSA) is 34.1 Å². The van der Waals surface area contributed by atoms with Crippen molar-refractivity contribution in [3.05, 3.63) is 69.2 Å². The van der Waals surface area contributed by atoms with E-state index in [9.17, 15) is 9.59 Å². The van der Waals surface area contributed by atoms with E-state index in [4.69, 9.17) is 11.6 Å². The van der Waals surface area contributed by atoms with Crippen molar-refractivity contribution in [3.8, 4) is 0 Å². The normalized spacial score (nSPS) is 19.2. The highest BCUT2D eigenvalue weighted by Crippen LogP contribution is 2.37. The third-order valence-corrected chi connectivity index (χ3v) is 6.18. The first-order chi connectivity index (χ1) is 13.0. The molecule has 142 valence electrons. The number of halogens is 2. The SMILES string of the molecule is O=C(C[C@H](c1cccc(Br)c1)[C@H]1CCCCCCC1=O)c1ccc(Cl)cc1. The van der Waals surface area contributed by atoms with Gasteiger partial charge < -0.3 is 0 Å². The molecule has 0 spiro atoms. The number of benzene rings is 2. The fourth-order valence-corrected chi connectivity index (χ4v) is 4.51. The highest BCUT2D eigenvalue weighted by Gasteiger charge is 2.31. The Labute approximate surface area is 174 Å². The zero-order valence-corrected chi connectivity index (χ0v) is 17.6. The van der Waals surface area contributed by atoms with Gasteiger partial charge in [-0.05, 0) is 54.8 Å². The molecule has 2 atom stereocenters. The molecule has 3 rings (SSSR count). The van der Waals surface area contributed by atoms with Gasteiger partial charge in [0.15, 0.2) is 5.78 Å². The van der Waals surface area contributed by atoms with Gasteiger partial charge in [-0.15, -0.1) is 0 Å². The Kier molecular flexibility index (Phi) is 7.26. The number of hydrogen-bond donors (Lipinski definition) is 0. The first-order valence-electron chi connectivity index (χ1n) is 9.61. The van der Waals surface area contributed by atoms with Crippen molar-refractivity contribution in [2.24, 2.45) is 5.92 Å². The molecule has 2 nitrogen and oxygen atoms in total. The number of ketones is 2. The molecule has 1 saturated carbocycles. The van der Waals surface area contributed by atoms with Gasteiger partial charge in [-0.1, -0.05) is 58.9 Å². The number of carbonyl (C=O) groups excluding carboxylic acids is 2. The molecule has 0 unspecified atom stereocenters. The predicted molar refractivity (Wildman–Crippen MR) is 113 cm³/mol. The molecule has 0 amide bonds. The van der Waals surface area contributed by atoms with Gasteiger partial charge in [-0.3, -0.25) is 9.59 Å². The largest absolute Gasteiger partial charge is 0.299 e. The molecule has 2 aromatic carbocycles. The van der Waals surface area contributed by atoms with Crippen LogP contribution in [0.3, 0.4) is 0 Å². The van der Waals surface area contributed by atoms with Crippen LogP contribution in [-0.4, -0.2) is 11.6 Å². The highest BCUT2D eigenvalue weighted by atomic mass is 79.9. The van der Waals surface area contributed by atoms with Crippen LogP contribution in [0.25, 0.3) is 0 Å². The van der Waals surface area contributed by atoms with Crippen LogP contribution in [0.4, 0.5) is 0 Å². The van der Waals surface area contributed by atoms with Crippen molar-refractivity contribution in [1.82, 2.24) is 0 Å². The van der Waals surface area contributed by atoms with E-state index in [2.05, 4.69) is 15.9 Å². The monoisotopic (exact) mass is 446 g/mol. The third kappa shape index (κ3) is 5.52. The molecule has 1 aliphatic carbocycles. The zero-order valence-electron chi connectivity index (χ0n) is 15.3. The van der Waals surface area contributed by atoms with Crippen LogP contribution < -0.4 is 0 Å². The Bertz CT molecular complexity index is 800. The molecule has 1 fully saturated rings. The second kappa shape index (κ2) is 9.66. The predicted octanol–water partition coefficient (Wildman–Crippen LogP) is 7.00. The summed E-state index contributed by atoms with van der Waals surface area (Å²) in [7, 11) is 0. The summed E-state index contributed by atoms with van der Waals surface area (Å²) in [6.07, 6.45) is 6.15. The Balaban J connectivity index is 1.90. The Morgan fingerprint density at radius 1 is 1.07 bits per heavy atom. The van der Waals surface area contributed by atoms with Crippen molar-refractivity contribution >= 4 is 39.1 Å². The van der Waals surface area contributed by atoms with Crippen LogP contribution in [-0.2, 0) is 4.79 Å². The fraction of sp³-hybridized carbons (Fsp3) is 0.391. The molecule has 27 heavy (non-hydrogen) atoms. The van der Waals surface area contributed by atoms with E-state index < -0.39 is 0 Å². The number of carbonyl (C=O) groups is 2. The van der Waals surface area contributed by atoms with Gasteiger partial charge in [0.25, 0.3) is 0 Å². The molecule has 0 N–H and O–H groups in total. The van der Waals surface area contributed by atoms with E-state index in [1.165, 1.54) is 6.42 Å². The first-order valence-corrected chi connectivity index (χ1v) is 10.8. The molecule has 0 aliphatic heterocycles. The summed E-state index contributed by atoms with van der Waals surface area (Å²) >= 11 is 9.48. The molecular weight excluding hydrogens is 424 g/mol. The van der Waals surface area contributed by atoms with Gasteiger partial charge in [-0.2, -0.15) is 0 Å². The van der Waals surface area contributed by atoms with Crippen LogP contribution in [0.5, 0.6) is 0 Å². The number of Topliss-reactive ketones (excluding diaryl/α,β-unsaturated/α-hetero) is 2. The molecule has 2 aromatic rings. The molecule has 0 bridgehead atoms. The third-order valence-electron chi connectivity index (χ3n) is 5.44. The molecule has 0 heterocycles. The number of hydrogen-bond acceptors (Lipinski definition) is 2. The van der Waals surface area contributed by atoms with E-state index in [1.54, 1.807) is 24.3 Å². The van der Waals surface area contributed by atoms with E-state index in [1.807, 2.05) is 24.3 Å². The quantitative estimate of drug-likeness (QED) is 0.462. The maximum absolute atomic E-state index is 13.0. The Morgan fingerprint density at radius 2 is 1.81 bits per heavy atom. The summed E-state index contributed by atoms with van der Waals surface area (Å²) < 4.78 is 0.974. The average molecular weight is 448 g/mol. The Morgan fingerprint density at radius 3 is 2.56 bits per heavy atom. The maximum atomic E-state index is 13.0. The lowest BCUT2D eigenvalue weighted by atomic mass is 9.75. The minimum atomic E-state index is -0.0872. The molecular formula is C23H24BrClO2. The van der Waals surface area contributed by atoms with E-state index in [-0.39, 0.29) is 17.6 Å².